The number of hydrogen-bond donors (Lipinski definition) is 0. The molecule has 0 saturated carbocycles. The highest BCUT2D eigenvalue weighted by molar-refractivity contribution is 4.59. The fraction of sp³-hybridized carbons (Fsp3) is 1.00. The smallest absolute Gasteiger partial charge is 0.0443 e. The van der Waals surface area contributed by atoms with Gasteiger partial charge in [0.05, 0.1) is 0 Å². The monoisotopic (exact) mass is 212 g/mol. The van der Waals surface area contributed by atoms with Crippen LogP contribution in [0.25, 0.3) is 0 Å². The largest absolute Gasteiger partial charge is 0.0654 e. The highest BCUT2D eigenvalue weighted by Crippen LogP contribution is 2.20. The van der Waals surface area contributed by atoms with Crippen molar-refractivity contribution < 1.29 is 0 Å². The van der Waals surface area contributed by atoms with Gasteiger partial charge in [0.15, 0.2) is 0 Å². The Morgan fingerprint density at radius 1 is 0.600 bits per heavy atom. The first-order chi connectivity index (χ1) is 7.20. The van der Waals surface area contributed by atoms with E-state index in [2.05, 4.69) is 27.7 Å². The summed E-state index contributed by atoms with van der Waals surface area (Å²) in [6, 6.07) is 0. The normalized spacial score (nSPS) is 15.2. The Balaban J connectivity index is 3.31. The zero-order valence-corrected chi connectivity index (χ0v) is 11.5. The van der Waals surface area contributed by atoms with Crippen molar-refractivity contribution in [2.24, 2.45) is 11.8 Å². The van der Waals surface area contributed by atoms with Gasteiger partial charge in [0.1, 0.15) is 0 Å². The summed E-state index contributed by atoms with van der Waals surface area (Å²) in [4.78, 5) is 0. The molecule has 0 aromatic rings. The Labute approximate surface area is 97.8 Å². The van der Waals surface area contributed by atoms with Gasteiger partial charge in [-0.1, -0.05) is 85.5 Å². The van der Waals surface area contributed by atoms with E-state index in [4.69, 9.17) is 0 Å². The third-order valence-corrected chi connectivity index (χ3v) is 3.50. The maximum atomic E-state index is 2.43. The molecule has 0 radical (unpaired) electrons. The predicted molar refractivity (Wildman–Crippen MR) is 71.2 cm³/mol. The molecule has 0 aliphatic rings. The van der Waals surface area contributed by atoms with E-state index in [1.807, 2.05) is 0 Å². The molecule has 0 heterocycles. The van der Waals surface area contributed by atoms with Crippen LogP contribution in [0.2, 0.25) is 0 Å². The van der Waals surface area contributed by atoms with Gasteiger partial charge < -0.3 is 0 Å². The second kappa shape index (κ2) is 10.5. The molecule has 0 bridgehead atoms. The standard InChI is InChI=1S/C15H32/c1-5-7-9-11-15(4)13-12-14(3)10-8-6-2/h14-15H,5-13H2,1-4H3. The van der Waals surface area contributed by atoms with E-state index in [1.165, 1.54) is 57.8 Å². The Morgan fingerprint density at radius 3 is 1.53 bits per heavy atom. The van der Waals surface area contributed by atoms with Gasteiger partial charge in [0.25, 0.3) is 0 Å². The quantitative estimate of drug-likeness (QED) is 0.401. The summed E-state index contributed by atoms with van der Waals surface area (Å²) in [5.74, 6) is 1.92. The lowest BCUT2D eigenvalue weighted by Crippen LogP contribution is -2.00. The summed E-state index contributed by atoms with van der Waals surface area (Å²) in [5.41, 5.74) is 0. The first-order valence-corrected chi connectivity index (χ1v) is 7.20. The molecule has 0 spiro atoms. The van der Waals surface area contributed by atoms with Crippen molar-refractivity contribution in [1.29, 1.82) is 0 Å². The van der Waals surface area contributed by atoms with Crippen LogP contribution in [0.3, 0.4) is 0 Å². The lowest BCUT2D eigenvalue weighted by molar-refractivity contribution is 0.382. The number of rotatable bonds is 10. The van der Waals surface area contributed by atoms with Crippen molar-refractivity contribution in [3.05, 3.63) is 0 Å². The van der Waals surface area contributed by atoms with E-state index in [0.717, 1.165) is 11.8 Å². The Hall–Kier alpha value is 0. The third-order valence-electron chi connectivity index (χ3n) is 3.50. The molecule has 92 valence electrons. The summed E-state index contributed by atoms with van der Waals surface area (Å²) in [7, 11) is 0. The lowest BCUT2D eigenvalue weighted by Gasteiger charge is -2.15. The minimum atomic E-state index is 0.957. The van der Waals surface area contributed by atoms with Crippen LogP contribution in [0.15, 0.2) is 0 Å². The van der Waals surface area contributed by atoms with Gasteiger partial charge in [0, 0.05) is 0 Å². The summed E-state index contributed by atoms with van der Waals surface area (Å²) in [5, 5.41) is 0. The van der Waals surface area contributed by atoms with Gasteiger partial charge in [-0.2, -0.15) is 0 Å². The van der Waals surface area contributed by atoms with Crippen molar-refractivity contribution in [1.82, 2.24) is 0 Å². The Bertz CT molecular complexity index is 117. The van der Waals surface area contributed by atoms with Crippen LogP contribution < -0.4 is 0 Å². The maximum absolute atomic E-state index is 2.43. The van der Waals surface area contributed by atoms with E-state index >= 15 is 0 Å². The molecule has 0 fully saturated rings. The molecular weight excluding hydrogens is 180 g/mol. The zero-order valence-electron chi connectivity index (χ0n) is 11.5. The first-order valence-electron chi connectivity index (χ1n) is 7.20. The molecule has 0 aliphatic carbocycles. The fourth-order valence-electron chi connectivity index (χ4n) is 2.15. The minimum Gasteiger partial charge on any atom is -0.0654 e. The fourth-order valence-corrected chi connectivity index (χ4v) is 2.15. The van der Waals surface area contributed by atoms with E-state index in [0.29, 0.717) is 0 Å². The average Bonchev–Trinajstić information content (AvgIpc) is 2.24. The summed E-state index contributed by atoms with van der Waals surface area (Å²) in [6.07, 6.45) is 12.8. The van der Waals surface area contributed by atoms with Gasteiger partial charge >= 0.3 is 0 Å². The Kier molecular flexibility index (Phi) is 10.5. The van der Waals surface area contributed by atoms with Gasteiger partial charge in [-0.15, -0.1) is 0 Å². The molecule has 0 saturated heterocycles. The first kappa shape index (κ1) is 15.0. The molecule has 0 heteroatoms. The van der Waals surface area contributed by atoms with Crippen molar-refractivity contribution in [2.75, 3.05) is 0 Å². The van der Waals surface area contributed by atoms with Crippen LogP contribution in [0.5, 0.6) is 0 Å². The number of hydrogen-bond acceptors (Lipinski definition) is 0. The summed E-state index contributed by atoms with van der Waals surface area (Å²) >= 11 is 0. The zero-order chi connectivity index (χ0) is 11.5. The van der Waals surface area contributed by atoms with Crippen LogP contribution in [0, 0.1) is 11.8 Å². The molecule has 0 rings (SSSR count). The predicted octanol–water partition coefficient (Wildman–Crippen LogP) is 5.81. The van der Waals surface area contributed by atoms with Crippen molar-refractivity contribution in [3.8, 4) is 0 Å². The third kappa shape index (κ3) is 10.3. The SMILES string of the molecule is CCCCCC(C)CCC(C)CCCC. The molecule has 0 aliphatic heterocycles. The lowest BCUT2D eigenvalue weighted by atomic mass is 9.91. The van der Waals surface area contributed by atoms with Crippen LogP contribution in [0.4, 0.5) is 0 Å². The molecule has 0 nitrogen and oxygen atoms in total. The van der Waals surface area contributed by atoms with Crippen LogP contribution >= 0.6 is 0 Å². The van der Waals surface area contributed by atoms with E-state index in [-0.39, 0.29) is 0 Å². The molecule has 2 atom stereocenters. The molecular formula is C15H32. The van der Waals surface area contributed by atoms with Crippen molar-refractivity contribution in [3.63, 3.8) is 0 Å². The maximum Gasteiger partial charge on any atom is -0.0443 e. The molecule has 0 N–H and O–H groups in total. The highest BCUT2D eigenvalue weighted by Gasteiger charge is 2.06. The average molecular weight is 212 g/mol. The molecule has 2 unspecified atom stereocenters. The molecule has 0 aromatic heterocycles. The van der Waals surface area contributed by atoms with Gasteiger partial charge in [-0.25, -0.2) is 0 Å². The van der Waals surface area contributed by atoms with Crippen LogP contribution in [-0.4, -0.2) is 0 Å². The second-order valence-corrected chi connectivity index (χ2v) is 5.43. The van der Waals surface area contributed by atoms with E-state index < -0.39 is 0 Å². The Morgan fingerprint density at radius 2 is 1.07 bits per heavy atom. The topological polar surface area (TPSA) is 0 Å². The minimum absolute atomic E-state index is 0.957. The van der Waals surface area contributed by atoms with E-state index in [1.54, 1.807) is 0 Å². The molecule has 0 amide bonds. The number of unbranched alkanes of at least 4 members (excludes halogenated alkanes) is 3. The highest BCUT2D eigenvalue weighted by atomic mass is 14.1. The van der Waals surface area contributed by atoms with Crippen molar-refractivity contribution in [2.45, 2.75) is 85.5 Å². The van der Waals surface area contributed by atoms with Gasteiger partial charge in [-0.3, -0.25) is 0 Å². The molecule has 15 heavy (non-hydrogen) atoms. The second-order valence-electron chi connectivity index (χ2n) is 5.43. The summed E-state index contributed by atoms with van der Waals surface area (Å²) in [6.45, 7) is 9.44. The van der Waals surface area contributed by atoms with Crippen LogP contribution in [0.1, 0.15) is 85.5 Å². The summed E-state index contributed by atoms with van der Waals surface area (Å²) < 4.78 is 0. The van der Waals surface area contributed by atoms with Crippen molar-refractivity contribution >= 4 is 0 Å². The van der Waals surface area contributed by atoms with Gasteiger partial charge in [0.2, 0.25) is 0 Å². The van der Waals surface area contributed by atoms with Crippen LogP contribution in [-0.2, 0) is 0 Å². The molecule has 0 aromatic carbocycles. The van der Waals surface area contributed by atoms with Gasteiger partial charge in [-0.05, 0) is 11.8 Å². The van der Waals surface area contributed by atoms with E-state index in [9.17, 15) is 0 Å².